The Morgan fingerprint density at radius 1 is 0.117 bits per heavy atom. The van der Waals surface area contributed by atoms with Gasteiger partial charge >= 0.3 is 0 Å². The maximum absolute atomic E-state index is 5.31. The third kappa shape index (κ3) is 14.2. The van der Waals surface area contributed by atoms with E-state index in [9.17, 15) is 0 Å². The molecular weight excluding hydrogens is 1460 g/mol. The predicted octanol–water partition coefficient (Wildman–Crippen LogP) is 28.8. The van der Waals surface area contributed by atoms with Crippen LogP contribution in [-0.2, 0) is 0 Å². The zero-order valence-electron chi connectivity index (χ0n) is 65.1. The number of hydrogen-bond acceptors (Lipinski definition) is 8. The van der Waals surface area contributed by atoms with Crippen LogP contribution < -0.4 is 0 Å². The Labute approximate surface area is 694 Å². The minimum atomic E-state index is 0.636. The fourth-order valence-corrected chi connectivity index (χ4v) is 16.4. The molecule has 0 bridgehead atoms. The number of para-hydroxylation sites is 1. The van der Waals surface area contributed by atoms with Crippen molar-refractivity contribution >= 4 is 64.9 Å². The van der Waals surface area contributed by atoms with Gasteiger partial charge in [-0.1, -0.05) is 431 Å². The van der Waals surface area contributed by atoms with Crippen molar-refractivity contribution in [1.29, 1.82) is 0 Å². The Bertz CT molecular complexity index is 7510. The van der Waals surface area contributed by atoms with Crippen LogP contribution in [-0.4, -0.2) is 39.9 Å². The van der Waals surface area contributed by atoms with Gasteiger partial charge in [0.05, 0.1) is 22.4 Å². The van der Waals surface area contributed by atoms with Gasteiger partial charge in [0.1, 0.15) is 0 Å². The van der Waals surface area contributed by atoms with Gasteiger partial charge in [0, 0.05) is 71.4 Å². The molecule has 0 amide bonds. The van der Waals surface area contributed by atoms with Gasteiger partial charge in [-0.15, -0.1) is 0 Å². The Morgan fingerprint density at radius 2 is 0.358 bits per heavy atom. The lowest BCUT2D eigenvalue weighted by atomic mass is 9.94. The summed E-state index contributed by atoms with van der Waals surface area (Å²) in [6, 6.07) is 153. The van der Waals surface area contributed by atoms with Crippen molar-refractivity contribution in [1.82, 2.24) is 39.9 Å². The van der Waals surface area contributed by atoms with E-state index in [0.29, 0.717) is 34.9 Å². The third-order valence-electron chi connectivity index (χ3n) is 22.7. The van der Waals surface area contributed by atoms with Gasteiger partial charge in [-0.2, -0.15) is 0 Å². The summed E-state index contributed by atoms with van der Waals surface area (Å²) in [5.41, 5.74) is 25.7. The van der Waals surface area contributed by atoms with Crippen LogP contribution in [0, 0.1) is 0 Å². The van der Waals surface area contributed by atoms with Crippen LogP contribution in [0.5, 0.6) is 0 Å². The lowest BCUT2D eigenvalue weighted by Crippen LogP contribution is -2.00. The molecule has 560 valence electrons. The summed E-state index contributed by atoms with van der Waals surface area (Å²) in [5.74, 6) is 3.84. The lowest BCUT2D eigenvalue weighted by Gasteiger charge is -2.13. The summed E-state index contributed by atoms with van der Waals surface area (Å²) >= 11 is 0. The highest BCUT2D eigenvalue weighted by molar-refractivity contribution is 6.21. The molecule has 8 heteroatoms. The highest BCUT2D eigenvalue weighted by Crippen LogP contribution is 2.42. The summed E-state index contributed by atoms with van der Waals surface area (Å²) in [6.07, 6.45) is 0. The third-order valence-corrected chi connectivity index (χ3v) is 22.7. The average Bonchev–Trinajstić information content (AvgIpc) is 0.741. The van der Waals surface area contributed by atoms with Crippen LogP contribution in [0.15, 0.2) is 437 Å². The molecule has 0 unspecified atom stereocenters. The molecule has 4 aromatic heterocycles. The zero-order valence-corrected chi connectivity index (χ0v) is 65.1. The van der Waals surface area contributed by atoms with Gasteiger partial charge in [0.15, 0.2) is 34.9 Å². The molecule has 22 rings (SSSR count). The molecule has 0 atom stereocenters. The summed E-state index contributed by atoms with van der Waals surface area (Å²) in [4.78, 5) is 40.3. The smallest absolute Gasteiger partial charge is 0.164 e. The number of rotatable bonds is 14. The minimum absolute atomic E-state index is 0.636. The summed E-state index contributed by atoms with van der Waals surface area (Å²) < 4.78 is 0. The van der Waals surface area contributed by atoms with E-state index >= 15 is 0 Å². The second-order valence-corrected chi connectivity index (χ2v) is 30.1. The van der Waals surface area contributed by atoms with Crippen molar-refractivity contribution in [3.05, 3.63) is 437 Å². The van der Waals surface area contributed by atoms with Gasteiger partial charge in [-0.05, 0) is 99.8 Å². The van der Waals surface area contributed by atoms with Crippen molar-refractivity contribution in [3.8, 4) is 158 Å². The van der Waals surface area contributed by atoms with E-state index in [1.807, 2.05) is 72.8 Å². The minimum Gasteiger partial charge on any atom is -0.247 e. The lowest BCUT2D eigenvalue weighted by molar-refractivity contribution is 1.07. The SMILES string of the molecule is c1ccc(-c2ccc(-c3nc(-c4ccccc4)nc(-c4ccc(-c5ccc(-c6ccc(-c7nc8c9ccccc9ccc8c8ccccc78)cc6)cc5)cc4)n3)cc2)cc1.c1ccc(-c2ccc(-c3nc(-c4ccccc4)nc(-c4ccc(-c5ccc(-c6ccc(-c7nc8ccccc8c8ccc9ccccc9c78)cc6)cc5)cc4)n3)cc2)cc1. The Morgan fingerprint density at radius 3 is 0.725 bits per heavy atom. The normalized spacial score (nSPS) is 11.3. The van der Waals surface area contributed by atoms with E-state index < -0.39 is 0 Å². The van der Waals surface area contributed by atoms with Gasteiger partial charge in [-0.25, -0.2) is 39.9 Å². The number of nitrogens with zero attached hydrogens (tertiary/aromatic N) is 8. The molecule has 18 aromatic carbocycles. The van der Waals surface area contributed by atoms with Gasteiger partial charge in [0.2, 0.25) is 0 Å². The standard InChI is InChI=1S/2C56H36N4/c1-3-11-37(12-4-1)38-25-31-46(32-26-38)55-58-54(45-14-5-2-6-15-45)59-56(60-55)47-33-27-42(28-34-47)40-21-19-39(20-22-40)41-23-29-44(30-24-41)53-52-48-16-8-7-13-43(48)35-36-50(52)49-17-9-10-18-51(49)57-53;1-3-11-37(12-4-1)38-25-31-46(32-26-38)55-58-54(45-14-5-2-6-15-45)59-56(60-55)47-33-27-42(28-34-47)40-21-19-39(20-22-40)41-23-29-44(30-24-41)52-50-18-10-9-17-49(50)51-36-35-43-13-7-8-16-48(43)53(51)57-52/h2*1-36H. The molecule has 0 radical (unpaired) electrons. The van der Waals surface area contributed by atoms with Gasteiger partial charge in [-0.3, -0.25) is 0 Å². The fraction of sp³-hybridized carbons (Fsp3) is 0. The van der Waals surface area contributed by atoms with Crippen molar-refractivity contribution < 1.29 is 0 Å². The fourth-order valence-electron chi connectivity index (χ4n) is 16.4. The summed E-state index contributed by atoms with van der Waals surface area (Å²) in [5, 5.41) is 11.9. The van der Waals surface area contributed by atoms with Crippen molar-refractivity contribution in [3.63, 3.8) is 0 Å². The van der Waals surface area contributed by atoms with E-state index in [1.54, 1.807) is 0 Å². The van der Waals surface area contributed by atoms with E-state index in [1.165, 1.54) is 59.6 Å². The Balaban J connectivity index is 0.000000148. The first kappa shape index (κ1) is 71.6. The Hall–Kier alpha value is -16.2. The van der Waals surface area contributed by atoms with E-state index in [4.69, 9.17) is 39.9 Å². The van der Waals surface area contributed by atoms with Crippen LogP contribution in [0.3, 0.4) is 0 Å². The molecule has 0 N–H and O–H groups in total. The van der Waals surface area contributed by atoms with Gasteiger partial charge < -0.3 is 0 Å². The van der Waals surface area contributed by atoms with Crippen LogP contribution in [0.25, 0.3) is 222 Å². The Kier molecular flexibility index (Phi) is 18.8. The molecule has 0 saturated carbocycles. The van der Waals surface area contributed by atoms with E-state index in [-0.39, 0.29) is 0 Å². The molecule has 22 aromatic rings. The molecule has 120 heavy (non-hydrogen) atoms. The molecule has 0 aliphatic rings. The maximum atomic E-state index is 5.31. The topological polar surface area (TPSA) is 103 Å². The highest BCUT2D eigenvalue weighted by Gasteiger charge is 2.20. The molecule has 0 spiro atoms. The molecule has 0 aliphatic heterocycles. The quantitative estimate of drug-likeness (QED) is 0.0992. The number of pyridine rings is 2. The first-order valence-corrected chi connectivity index (χ1v) is 40.4. The molecular formula is C112H72N8. The zero-order chi connectivity index (χ0) is 79.7. The summed E-state index contributed by atoms with van der Waals surface area (Å²) in [7, 11) is 0. The van der Waals surface area contributed by atoms with E-state index in [0.717, 1.165) is 128 Å². The van der Waals surface area contributed by atoms with Crippen molar-refractivity contribution in [2.45, 2.75) is 0 Å². The first-order valence-electron chi connectivity index (χ1n) is 40.4. The predicted molar refractivity (Wildman–Crippen MR) is 496 cm³/mol. The molecule has 0 fully saturated rings. The summed E-state index contributed by atoms with van der Waals surface area (Å²) in [6.45, 7) is 0. The van der Waals surface area contributed by atoms with Crippen LogP contribution in [0.4, 0.5) is 0 Å². The van der Waals surface area contributed by atoms with Crippen LogP contribution >= 0.6 is 0 Å². The monoisotopic (exact) mass is 1530 g/mol. The second-order valence-electron chi connectivity index (χ2n) is 30.1. The molecule has 0 aliphatic carbocycles. The largest absolute Gasteiger partial charge is 0.247 e. The molecule has 0 saturated heterocycles. The highest BCUT2D eigenvalue weighted by atomic mass is 15.0. The first-order chi connectivity index (χ1) is 59.4. The number of benzene rings is 18. The van der Waals surface area contributed by atoms with Crippen LogP contribution in [0.1, 0.15) is 0 Å². The van der Waals surface area contributed by atoms with Gasteiger partial charge in [0.25, 0.3) is 0 Å². The molecule has 4 heterocycles. The second kappa shape index (κ2) is 31.6. The molecule has 8 nitrogen and oxygen atoms in total. The van der Waals surface area contributed by atoms with Crippen LogP contribution in [0.2, 0.25) is 0 Å². The maximum Gasteiger partial charge on any atom is 0.164 e. The average molecular weight is 1530 g/mol. The van der Waals surface area contributed by atoms with E-state index in [2.05, 4.69) is 364 Å². The number of aromatic nitrogens is 8. The van der Waals surface area contributed by atoms with Crippen molar-refractivity contribution in [2.75, 3.05) is 0 Å². The van der Waals surface area contributed by atoms with Crippen molar-refractivity contribution in [2.24, 2.45) is 0 Å². The number of fused-ring (bicyclic) bond motifs is 10. The number of hydrogen-bond donors (Lipinski definition) is 0.